The highest BCUT2D eigenvalue weighted by atomic mass is 16.2. The number of aryl methyl sites for hydroxylation is 1. The van der Waals surface area contributed by atoms with Crippen molar-refractivity contribution in [2.45, 2.75) is 58.5 Å². The third-order valence-corrected chi connectivity index (χ3v) is 5.30. The number of nitrogens with zero attached hydrogens (tertiary/aromatic N) is 5. The molecule has 9 nitrogen and oxygen atoms in total. The number of hydrogen-bond donors (Lipinski definition) is 2. The zero-order valence-corrected chi connectivity index (χ0v) is 18.2. The number of nitrogens with one attached hydrogen (secondary N) is 2. The van der Waals surface area contributed by atoms with Gasteiger partial charge in [-0.3, -0.25) is 9.59 Å². The third-order valence-electron chi connectivity index (χ3n) is 5.30. The lowest BCUT2D eigenvalue weighted by atomic mass is 9.92. The predicted molar refractivity (Wildman–Crippen MR) is 116 cm³/mol. The number of aromatic nitrogens is 5. The van der Waals surface area contributed by atoms with E-state index in [1.807, 2.05) is 55.7 Å². The fourth-order valence-corrected chi connectivity index (χ4v) is 3.60. The molecule has 1 aliphatic heterocycles. The molecule has 31 heavy (non-hydrogen) atoms. The van der Waals surface area contributed by atoms with E-state index in [9.17, 15) is 9.59 Å². The van der Waals surface area contributed by atoms with Crippen LogP contribution in [0.4, 0.5) is 5.82 Å². The van der Waals surface area contributed by atoms with Crippen molar-refractivity contribution in [1.82, 2.24) is 29.9 Å². The van der Waals surface area contributed by atoms with E-state index in [4.69, 9.17) is 0 Å². The topological polar surface area (TPSA) is 107 Å². The number of carbonyl (C=O) groups excluding carboxylic acids is 2. The van der Waals surface area contributed by atoms with Crippen molar-refractivity contribution in [2.75, 3.05) is 5.32 Å². The van der Waals surface area contributed by atoms with Crippen LogP contribution in [0.2, 0.25) is 0 Å². The molecule has 0 saturated carbocycles. The van der Waals surface area contributed by atoms with Gasteiger partial charge in [0.25, 0.3) is 0 Å². The van der Waals surface area contributed by atoms with Gasteiger partial charge in [-0.25, -0.2) is 4.68 Å². The van der Waals surface area contributed by atoms with Gasteiger partial charge in [0.15, 0.2) is 5.82 Å². The Hall–Kier alpha value is -3.49. The van der Waals surface area contributed by atoms with Gasteiger partial charge in [-0.2, -0.15) is 5.10 Å². The fourth-order valence-electron chi connectivity index (χ4n) is 3.60. The zero-order valence-electron chi connectivity index (χ0n) is 18.2. The number of anilines is 1. The number of rotatable bonds is 4. The zero-order chi connectivity index (χ0) is 22.2. The maximum absolute atomic E-state index is 12.7. The fraction of sp³-hybridized carbons (Fsp3) is 0.409. The second-order valence-electron chi connectivity index (χ2n) is 8.79. The Balaban J connectivity index is 1.52. The van der Waals surface area contributed by atoms with Crippen molar-refractivity contribution in [3.63, 3.8) is 0 Å². The number of benzene rings is 1. The highest BCUT2D eigenvalue weighted by Crippen LogP contribution is 2.26. The Kier molecular flexibility index (Phi) is 5.34. The van der Waals surface area contributed by atoms with Crippen LogP contribution in [-0.4, -0.2) is 36.4 Å². The van der Waals surface area contributed by atoms with E-state index >= 15 is 0 Å². The van der Waals surface area contributed by atoms with Crippen molar-refractivity contribution in [1.29, 1.82) is 0 Å². The molecule has 0 fully saturated rings. The van der Waals surface area contributed by atoms with Gasteiger partial charge in [-0.1, -0.05) is 39.0 Å². The molecule has 162 valence electrons. The number of amides is 2. The van der Waals surface area contributed by atoms with Crippen LogP contribution in [0.5, 0.6) is 0 Å². The first-order chi connectivity index (χ1) is 14.7. The Morgan fingerprint density at radius 1 is 1.10 bits per heavy atom. The summed E-state index contributed by atoms with van der Waals surface area (Å²) in [6, 6.07) is 10.8. The second-order valence-corrected chi connectivity index (χ2v) is 8.79. The maximum atomic E-state index is 12.7. The Bertz CT molecular complexity index is 1110. The summed E-state index contributed by atoms with van der Waals surface area (Å²) in [5.74, 6) is 0.527. The molecule has 0 bridgehead atoms. The number of carbonyl (C=O) groups is 2. The summed E-state index contributed by atoms with van der Waals surface area (Å²) in [5, 5.41) is 18.4. The molecule has 2 aromatic heterocycles. The van der Waals surface area contributed by atoms with E-state index in [-0.39, 0.29) is 5.41 Å². The minimum absolute atomic E-state index is 0.218. The smallest absolute Gasteiger partial charge is 0.314 e. The van der Waals surface area contributed by atoms with Crippen LogP contribution in [0.25, 0.3) is 5.69 Å². The largest absolute Gasteiger partial charge is 0.338 e. The van der Waals surface area contributed by atoms with Gasteiger partial charge < -0.3 is 15.2 Å². The number of fused-ring (bicyclic) bond motifs is 1. The molecule has 3 heterocycles. The summed E-state index contributed by atoms with van der Waals surface area (Å²) in [7, 11) is 0. The summed E-state index contributed by atoms with van der Waals surface area (Å²) >= 11 is 0. The van der Waals surface area contributed by atoms with Gasteiger partial charge >= 0.3 is 11.8 Å². The summed E-state index contributed by atoms with van der Waals surface area (Å²) in [5.41, 5.74) is 1.38. The molecule has 2 N–H and O–H groups in total. The molecule has 0 unspecified atom stereocenters. The quantitative estimate of drug-likeness (QED) is 0.630. The van der Waals surface area contributed by atoms with Crippen LogP contribution in [0.15, 0.2) is 36.4 Å². The molecule has 1 aliphatic rings. The van der Waals surface area contributed by atoms with E-state index in [1.54, 1.807) is 17.7 Å². The van der Waals surface area contributed by atoms with Crippen LogP contribution < -0.4 is 10.6 Å². The minimum atomic E-state index is -0.759. The summed E-state index contributed by atoms with van der Waals surface area (Å²) in [6.07, 6.45) is 1.90. The normalized spacial score (nSPS) is 14.2. The van der Waals surface area contributed by atoms with Gasteiger partial charge in [-0.15, -0.1) is 10.2 Å². The van der Waals surface area contributed by atoms with Gasteiger partial charge in [0.2, 0.25) is 0 Å². The SMILES string of the molecule is C[C@@H](NC(=O)C(=O)Nc1cc(C(C)(C)C)nn1-c1ccccc1)c1nnc2n1CCC2. The van der Waals surface area contributed by atoms with Crippen molar-refractivity contribution in [3.8, 4) is 5.69 Å². The predicted octanol–water partition coefficient (Wildman–Crippen LogP) is 2.52. The summed E-state index contributed by atoms with van der Waals surface area (Å²) < 4.78 is 3.64. The molecule has 2 amide bonds. The van der Waals surface area contributed by atoms with Crippen LogP contribution in [0, 0.1) is 0 Å². The highest BCUT2D eigenvalue weighted by Gasteiger charge is 2.26. The van der Waals surface area contributed by atoms with E-state index in [2.05, 4.69) is 25.9 Å². The lowest BCUT2D eigenvalue weighted by Crippen LogP contribution is -2.38. The molecule has 0 spiro atoms. The molecule has 0 radical (unpaired) electrons. The second kappa shape index (κ2) is 7.98. The summed E-state index contributed by atoms with van der Waals surface area (Å²) in [4.78, 5) is 25.3. The van der Waals surface area contributed by atoms with Crippen LogP contribution in [0.3, 0.4) is 0 Å². The van der Waals surface area contributed by atoms with Crippen LogP contribution in [0.1, 0.15) is 57.5 Å². The van der Waals surface area contributed by atoms with Crippen LogP contribution in [-0.2, 0) is 28.0 Å². The van der Waals surface area contributed by atoms with E-state index < -0.39 is 17.9 Å². The standard InChI is InChI=1S/C22H27N7O2/c1-14(19-26-25-17-11-8-12-28(17)19)23-20(30)21(31)24-18-13-16(22(2,3)4)27-29(18)15-9-6-5-7-10-15/h5-7,9-10,13-14H,8,11-12H2,1-4H3,(H,23,30)(H,24,31)/t14-/m1/s1. The van der Waals surface area contributed by atoms with E-state index in [0.29, 0.717) is 11.6 Å². The molecule has 0 aliphatic carbocycles. The number of hydrogen-bond acceptors (Lipinski definition) is 5. The average molecular weight is 422 g/mol. The van der Waals surface area contributed by atoms with Gasteiger partial charge in [-0.05, 0) is 25.5 Å². The molecule has 9 heteroatoms. The maximum Gasteiger partial charge on any atom is 0.314 e. The Labute approximate surface area is 180 Å². The van der Waals surface area contributed by atoms with Gasteiger partial charge in [0.1, 0.15) is 11.6 Å². The first kappa shape index (κ1) is 20.8. The first-order valence-electron chi connectivity index (χ1n) is 10.4. The highest BCUT2D eigenvalue weighted by molar-refractivity contribution is 6.39. The average Bonchev–Trinajstić information content (AvgIpc) is 3.43. The van der Waals surface area contributed by atoms with Crippen molar-refractivity contribution in [3.05, 3.63) is 53.7 Å². The summed E-state index contributed by atoms with van der Waals surface area (Å²) in [6.45, 7) is 8.76. The molecule has 1 atom stereocenters. The van der Waals surface area contributed by atoms with Crippen molar-refractivity contribution < 1.29 is 9.59 Å². The molecule has 1 aromatic carbocycles. The molecule has 4 rings (SSSR count). The van der Waals surface area contributed by atoms with Crippen LogP contribution >= 0.6 is 0 Å². The first-order valence-corrected chi connectivity index (χ1v) is 10.4. The molecule has 3 aromatic rings. The molecular formula is C22H27N7O2. The van der Waals surface area contributed by atoms with E-state index in [1.165, 1.54) is 0 Å². The Morgan fingerprint density at radius 2 is 1.84 bits per heavy atom. The van der Waals surface area contributed by atoms with Crippen molar-refractivity contribution in [2.24, 2.45) is 0 Å². The lowest BCUT2D eigenvalue weighted by Gasteiger charge is -2.14. The molecular weight excluding hydrogens is 394 g/mol. The van der Waals surface area contributed by atoms with Gasteiger partial charge in [0, 0.05) is 24.4 Å². The number of para-hydroxylation sites is 1. The van der Waals surface area contributed by atoms with Gasteiger partial charge in [0.05, 0.1) is 17.4 Å². The third kappa shape index (κ3) is 4.21. The monoisotopic (exact) mass is 421 g/mol. The molecule has 0 saturated heterocycles. The Morgan fingerprint density at radius 3 is 2.55 bits per heavy atom. The van der Waals surface area contributed by atoms with E-state index in [0.717, 1.165) is 36.6 Å². The lowest BCUT2D eigenvalue weighted by molar-refractivity contribution is -0.136. The van der Waals surface area contributed by atoms with Crippen molar-refractivity contribution >= 4 is 17.6 Å². The minimum Gasteiger partial charge on any atom is -0.338 e.